The summed E-state index contributed by atoms with van der Waals surface area (Å²) >= 11 is 3.55. The fourth-order valence-corrected chi connectivity index (χ4v) is 6.68. The number of sulfonamides is 1. The largest absolute Gasteiger partial charge is 0.273 e. The molecule has 2 rings (SSSR count). The van der Waals surface area contributed by atoms with Crippen molar-refractivity contribution in [1.29, 1.82) is 0 Å². The molecule has 1 saturated heterocycles. The molecule has 7 heteroatoms. The Morgan fingerprint density at radius 2 is 1.79 bits per heavy atom. The van der Waals surface area contributed by atoms with Gasteiger partial charge in [0.25, 0.3) is 10.0 Å². The predicted octanol–water partition coefficient (Wildman–Crippen LogP) is 5.44. The molecular formula is C21H31NO3S3. The van der Waals surface area contributed by atoms with Crippen molar-refractivity contribution in [2.45, 2.75) is 57.3 Å². The van der Waals surface area contributed by atoms with Crippen LogP contribution in [0.4, 0.5) is 0 Å². The molecule has 0 radical (unpaired) electrons. The normalized spacial score (nSPS) is 15.9. The van der Waals surface area contributed by atoms with E-state index in [0.717, 1.165) is 51.3 Å². The minimum absolute atomic E-state index is 0.160. The molecule has 0 aromatic heterocycles. The van der Waals surface area contributed by atoms with Crippen LogP contribution in [0.1, 0.15) is 51.0 Å². The molecule has 0 bridgehead atoms. The van der Waals surface area contributed by atoms with E-state index in [0.29, 0.717) is 6.42 Å². The predicted molar refractivity (Wildman–Crippen MR) is 121 cm³/mol. The first-order valence-electron chi connectivity index (χ1n) is 9.93. The number of hydrogen-bond donors (Lipinski definition) is 0. The molecule has 1 aliphatic heterocycles. The van der Waals surface area contributed by atoms with Crippen molar-refractivity contribution in [2.24, 2.45) is 5.92 Å². The summed E-state index contributed by atoms with van der Waals surface area (Å²) in [7, 11) is -2.45. The van der Waals surface area contributed by atoms with E-state index in [4.69, 9.17) is 0 Å². The van der Waals surface area contributed by atoms with E-state index in [1.54, 1.807) is 47.8 Å². The van der Waals surface area contributed by atoms with Crippen LogP contribution in [-0.2, 0) is 14.8 Å². The molecule has 1 unspecified atom stereocenters. The summed E-state index contributed by atoms with van der Waals surface area (Å²) in [6.07, 6.45) is 8.14. The Balaban J connectivity index is 2.19. The zero-order valence-corrected chi connectivity index (χ0v) is 19.5. The first kappa shape index (κ1) is 23.4. The number of amides is 1. The lowest BCUT2D eigenvalue weighted by molar-refractivity contribution is -0.128. The molecular weight excluding hydrogens is 410 g/mol. The second kappa shape index (κ2) is 11.3. The summed E-state index contributed by atoms with van der Waals surface area (Å²) in [5.41, 5.74) is 0.984. The van der Waals surface area contributed by atoms with Crippen molar-refractivity contribution in [2.75, 3.05) is 18.6 Å². The summed E-state index contributed by atoms with van der Waals surface area (Å²) < 4.78 is 28.0. The highest BCUT2D eigenvalue weighted by Crippen LogP contribution is 2.36. The molecule has 1 aromatic rings. The van der Waals surface area contributed by atoms with Gasteiger partial charge in [0.05, 0.1) is 10.8 Å². The first-order chi connectivity index (χ1) is 13.4. The lowest BCUT2D eigenvalue weighted by Gasteiger charge is -2.23. The van der Waals surface area contributed by atoms with Crippen LogP contribution in [0.15, 0.2) is 39.5 Å². The standard InChI is InChI=1S/C21H31NO3S3/c1-4-5-6-7-9-18(16-20-26-14-8-15-27-20)21(23)22(3)28(24,25)19-12-10-17(2)11-13-19/h10-13,16,18H,4-9,14-15H2,1-3H3. The summed E-state index contributed by atoms with van der Waals surface area (Å²) in [5, 5.41) is 0. The zero-order valence-electron chi connectivity index (χ0n) is 17.0. The maximum absolute atomic E-state index is 13.2. The SMILES string of the molecule is CCCCCCC(C=C1SCCCS1)C(=O)N(C)S(=O)(=O)c1ccc(C)cc1. The van der Waals surface area contributed by atoms with E-state index in [1.807, 2.05) is 13.0 Å². The number of hydrogen-bond acceptors (Lipinski definition) is 5. The quantitative estimate of drug-likeness (QED) is 0.478. The van der Waals surface area contributed by atoms with E-state index in [1.165, 1.54) is 13.5 Å². The van der Waals surface area contributed by atoms with E-state index in [9.17, 15) is 13.2 Å². The Labute approximate surface area is 178 Å². The van der Waals surface area contributed by atoms with Crippen LogP contribution in [0.3, 0.4) is 0 Å². The Morgan fingerprint density at radius 1 is 1.14 bits per heavy atom. The van der Waals surface area contributed by atoms with Crippen molar-refractivity contribution in [3.8, 4) is 0 Å². The van der Waals surface area contributed by atoms with Crippen LogP contribution in [0.25, 0.3) is 0 Å². The number of nitrogens with zero attached hydrogens (tertiary/aromatic N) is 1. The van der Waals surface area contributed by atoms with Gasteiger partial charge in [0.1, 0.15) is 0 Å². The Hall–Kier alpha value is -0.920. The number of unbranched alkanes of at least 4 members (excludes halogenated alkanes) is 3. The van der Waals surface area contributed by atoms with Crippen LogP contribution in [-0.4, -0.2) is 37.2 Å². The maximum Gasteiger partial charge on any atom is 0.266 e. The minimum Gasteiger partial charge on any atom is -0.273 e. The van der Waals surface area contributed by atoms with Gasteiger partial charge in [-0.1, -0.05) is 56.4 Å². The van der Waals surface area contributed by atoms with E-state index in [-0.39, 0.29) is 10.8 Å². The molecule has 0 N–H and O–H groups in total. The van der Waals surface area contributed by atoms with E-state index < -0.39 is 15.9 Å². The molecule has 1 amide bonds. The lowest BCUT2D eigenvalue weighted by Crippen LogP contribution is -2.37. The molecule has 0 aliphatic carbocycles. The lowest BCUT2D eigenvalue weighted by atomic mass is 10.00. The topological polar surface area (TPSA) is 54.5 Å². The smallest absolute Gasteiger partial charge is 0.266 e. The first-order valence-corrected chi connectivity index (χ1v) is 13.3. The Kier molecular flexibility index (Phi) is 9.44. The molecule has 156 valence electrons. The maximum atomic E-state index is 13.2. The highest BCUT2D eigenvalue weighted by Gasteiger charge is 2.30. The van der Waals surface area contributed by atoms with Crippen molar-refractivity contribution >= 4 is 39.5 Å². The monoisotopic (exact) mass is 441 g/mol. The van der Waals surface area contributed by atoms with Gasteiger partial charge in [-0.3, -0.25) is 4.79 Å². The van der Waals surface area contributed by atoms with Crippen LogP contribution in [0.5, 0.6) is 0 Å². The highest BCUT2D eigenvalue weighted by atomic mass is 32.2. The number of rotatable bonds is 9. The van der Waals surface area contributed by atoms with Crippen LogP contribution >= 0.6 is 23.5 Å². The summed E-state index contributed by atoms with van der Waals surface area (Å²) in [6, 6.07) is 6.64. The third kappa shape index (κ3) is 6.56. The fourth-order valence-electron chi connectivity index (χ4n) is 3.00. The second-order valence-electron chi connectivity index (χ2n) is 7.12. The average Bonchev–Trinajstić information content (AvgIpc) is 2.70. The molecule has 0 saturated carbocycles. The van der Waals surface area contributed by atoms with Crippen molar-refractivity contribution in [3.05, 3.63) is 40.1 Å². The summed E-state index contributed by atoms with van der Waals surface area (Å²) in [5.74, 6) is 1.40. The highest BCUT2D eigenvalue weighted by molar-refractivity contribution is 8.22. The van der Waals surface area contributed by atoms with E-state index >= 15 is 0 Å². The number of carbonyl (C=O) groups is 1. The van der Waals surface area contributed by atoms with Gasteiger partial charge in [-0.25, -0.2) is 12.7 Å². The molecule has 1 atom stereocenters. The third-order valence-electron chi connectivity index (χ3n) is 4.79. The van der Waals surface area contributed by atoms with Gasteiger partial charge in [-0.15, -0.1) is 23.5 Å². The van der Waals surface area contributed by atoms with Gasteiger partial charge in [-0.05, 0) is 43.4 Å². The van der Waals surface area contributed by atoms with Crippen molar-refractivity contribution in [3.63, 3.8) is 0 Å². The molecule has 1 aliphatic rings. The van der Waals surface area contributed by atoms with Gasteiger partial charge in [0.15, 0.2) is 0 Å². The third-order valence-corrected chi connectivity index (χ3v) is 9.09. The van der Waals surface area contributed by atoms with Gasteiger partial charge < -0.3 is 0 Å². The van der Waals surface area contributed by atoms with Crippen molar-refractivity contribution in [1.82, 2.24) is 4.31 Å². The van der Waals surface area contributed by atoms with Crippen molar-refractivity contribution < 1.29 is 13.2 Å². The average molecular weight is 442 g/mol. The Bertz CT molecular complexity index is 765. The molecule has 1 aromatic carbocycles. The van der Waals surface area contributed by atoms with Crippen LogP contribution in [0, 0.1) is 12.8 Å². The molecule has 4 nitrogen and oxygen atoms in total. The molecule has 1 fully saturated rings. The number of carbonyl (C=O) groups excluding carboxylic acids is 1. The minimum atomic E-state index is -3.84. The summed E-state index contributed by atoms with van der Waals surface area (Å²) in [4.78, 5) is 13.3. The number of benzene rings is 1. The molecule has 0 spiro atoms. The Morgan fingerprint density at radius 3 is 2.39 bits per heavy atom. The van der Waals surface area contributed by atoms with E-state index in [2.05, 4.69) is 6.92 Å². The van der Waals surface area contributed by atoms with Gasteiger partial charge in [-0.2, -0.15) is 0 Å². The van der Waals surface area contributed by atoms with Gasteiger partial charge in [0.2, 0.25) is 5.91 Å². The van der Waals surface area contributed by atoms with Crippen LogP contribution < -0.4 is 0 Å². The van der Waals surface area contributed by atoms with Gasteiger partial charge in [0, 0.05) is 11.3 Å². The number of aryl methyl sites for hydroxylation is 1. The van der Waals surface area contributed by atoms with Gasteiger partial charge >= 0.3 is 0 Å². The second-order valence-corrected chi connectivity index (χ2v) is 11.6. The molecule has 1 heterocycles. The zero-order chi connectivity index (χ0) is 20.6. The fraction of sp³-hybridized carbons (Fsp3) is 0.571. The molecule has 28 heavy (non-hydrogen) atoms. The number of thioether (sulfide) groups is 2. The van der Waals surface area contributed by atoms with Crippen LogP contribution in [0.2, 0.25) is 0 Å². The summed E-state index contributed by atoms with van der Waals surface area (Å²) in [6.45, 7) is 4.06.